The Morgan fingerprint density at radius 1 is 1.34 bits per heavy atom. The Kier molecular flexibility index (Phi) is 6.86. The normalized spacial score (nSPS) is 18.0. The Morgan fingerprint density at radius 3 is 2.72 bits per heavy atom. The Balaban J connectivity index is 1.96. The number of carbonyl (C=O) groups excluding carboxylic acids is 2. The van der Waals surface area contributed by atoms with Gasteiger partial charge in [0.15, 0.2) is 0 Å². The Morgan fingerprint density at radius 2 is 2.09 bits per heavy atom. The Bertz CT molecular complexity index is 1200. The van der Waals surface area contributed by atoms with Crippen LogP contribution in [0, 0.1) is 18.4 Å². The van der Waals surface area contributed by atoms with Crippen molar-refractivity contribution in [3.8, 4) is 0 Å². The summed E-state index contributed by atoms with van der Waals surface area (Å²) < 4.78 is 42.4. The summed E-state index contributed by atoms with van der Waals surface area (Å²) in [4.78, 5) is 28.5. The van der Waals surface area contributed by atoms with Crippen molar-refractivity contribution < 1.29 is 22.8 Å². The molecule has 1 aliphatic carbocycles. The van der Waals surface area contributed by atoms with Crippen LogP contribution in [0.2, 0.25) is 0 Å². The molecule has 2 aromatic heterocycles. The maximum atomic E-state index is 13.7. The fourth-order valence-corrected chi connectivity index (χ4v) is 4.34. The smallest absolute Gasteiger partial charge is 0.306 e. The van der Waals surface area contributed by atoms with Crippen LogP contribution in [-0.2, 0) is 22.2 Å². The lowest BCUT2D eigenvalue weighted by atomic mass is 9.88. The number of halogens is 3. The van der Waals surface area contributed by atoms with Crippen LogP contribution in [0.15, 0.2) is 48.3 Å². The van der Waals surface area contributed by atoms with E-state index in [-0.39, 0.29) is 58.7 Å². The largest absolute Gasteiger partial charge is 0.420 e. The minimum absolute atomic E-state index is 0.00736. The highest BCUT2D eigenvalue weighted by atomic mass is 19.4. The van der Waals surface area contributed by atoms with Gasteiger partial charge in [0.25, 0.3) is 0 Å². The van der Waals surface area contributed by atoms with Crippen LogP contribution in [0.5, 0.6) is 0 Å². The predicted molar refractivity (Wildman–Crippen MR) is 113 cm³/mol. The number of hydrogen-bond donors (Lipinski definition) is 0. The Labute approximate surface area is 184 Å². The van der Waals surface area contributed by atoms with Crippen LogP contribution < -0.4 is 0 Å². The first kappa shape index (κ1) is 23.3. The zero-order valence-electron chi connectivity index (χ0n) is 17.6. The van der Waals surface area contributed by atoms with E-state index < -0.39 is 11.7 Å². The van der Waals surface area contributed by atoms with E-state index in [0.29, 0.717) is 0 Å². The van der Waals surface area contributed by atoms with Crippen molar-refractivity contribution in [3.05, 3.63) is 71.7 Å². The second kappa shape index (κ2) is 9.42. The number of rotatable bonds is 7. The number of imidazole rings is 1. The summed E-state index contributed by atoms with van der Waals surface area (Å²) in [5.41, 5.74) is 6.58. The molecule has 1 fully saturated rings. The summed E-state index contributed by atoms with van der Waals surface area (Å²) in [5.74, 6) is -0.185. The van der Waals surface area contributed by atoms with Crippen LogP contribution in [0.25, 0.3) is 11.2 Å². The molecular weight excluding hydrogens is 417 g/mol. The second-order valence-corrected chi connectivity index (χ2v) is 7.96. The molecule has 0 aromatic carbocycles. The molecule has 0 amide bonds. The van der Waals surface area contributed by atoms with Gasteiger partial charge in [0.2, 0.25) is 0 Å². The lowest BCUT2D eigenvalue weighted by Gasteiger charge is -2.15. The third-order valence-electron chi connectivity index (χ3n) is 5.72. The fraction of sp³-hybridized carbons (Fsp3) is 0.360. The molecular formula is C25H22F3N2O2. The fourth-order valence-electron chi connectivity index (χ4n) is 4.34. The zero-order valence-corrected chi connectivity index (χ0v) is 17.6. The molecule has 2 atom stereocenters. The highest BCUT2D eigenvalue weighted by Crippen LogP contribution is 2.36. The number of ketones is 2. The molecule has 7 heteroatoms. The van der Waals surface area contributed by atoms with Crippen molar-refractivity contribution in [1.82, 2.24) is 9.38 Å². The van der Waals surface area contributed by atoms with Gasteiger partial charge in [-0.1, -0.05) is 24.5 Å². The van der Waals surface area contributed by atoms with Crippen LogP contribution in [0.1, 0.15) is 49.4 Å². The first-order valence-corrected chi connectivity index (χ1v) is 10.2. The minimum Gasteiger partial charge on any atom is -0.306 e. The summed E-state index contributed by atoms with van der Waals surface area (Å²) in [6.07, 6.45) is 2.15. The third kappa shape index (κ3) is 5.09. The average molecular weight is 439 g/mol. The number of alkyl halides is 3. The van der Waals surface area contributed by atoms with Crippen molar-refractivity contribution in [2.45, 2.75) is 45.2 Å². The van der Waals surface area contributed by atoms with Gasteiger partial charge >= 0.3 is 6.18 Å². The first-order chi connectivity index (χ1) is 15.1. The number of hydrogen-bond acceptors (Lipinski definition) is 3. The second-order valence-electron chi connectivity index (χ2n) is 7.96. The summed E-state index contributed by atoms with van der Waals surface area (Å²) in [7, 11) is 0. The standard InChI is InChI=1S/C25H22F3N2O2/c1-4-7-17(8-5-2)19-12-23(25(26,27)28)24-29-20(15-30(24)14-19)13-21(32)11-18-9-6-10-22(18)16(3)31/h1,8,12,14-15,18,22H,2,6,9-11,13H2,3H3. The van der Waals surface area contributed by atoms with Crippen molar-refractivity contribution in [3.63, 3.8) is 0 Å². The molecule has 0 spiro atoms. The first-order valence-electron chi connectivity index (χ1n) is 10.2. The van der Waals surface area contributed by atoms with Crippen molar-refractivity contribution in [1.29, 1.82) is 0 Å². The minimum atomic E-state index is -4.67. The summed E-state index contributed by atoms with van der Waals surface area (Å²) in [6, 6.07) is 0.942. The van der Waals surface area contributed by atoms with Gasteiger partial charge in [-0.25, -0.2) is 4.98 Å². The molecule has 2 aromatic rings. The number of Topliss-reactive ketones (excluding diaryl/α,β-unsaturated/α-hetero) is 2. The van der Waals surface area contributed by atoms with Gasteiger partial charge in [-0.05, 0) is 44.4 Å². The molecule has 0 saturated heterocycles. The van der Waals surface area contributed by atoms with E-state index in [9.17, 15) is 22.8 Å². The monoisotopic (exact) mass is 439 g/mol. The van der Waals surface area contributed by atoms with Crippen LogP contribution in [0.4, 0.5) is 13.2 Å². The van der Waals surface area contributed by atoms with E-state index >= 15 is 0 Å². The predicted octanol–water partition coefficient (Wildman–Crippen LogP) is 5.33. The number of fused-ring (bicyclic) bond motifs is 1. The molecule has 1 radical (unpaired) electrons. The summed E-state index contributed by atoms with van der Waals surface area (Å²) in [5, 5.41) is 0. The molecule has 4 nitrogen and oxygen atoms in total. The number of pyridine rings is 1. The van der Waals surface area contributed by atoms with E-state index in [1.54, 1.807) is 0 Å². The molecule has 0 N–H and O–H groups in total. The molecule has 2 heterocycles. The lowest BCUT2D eigenvalue weighted by Crippen LogP contribution is -2.20. The van der Waals surface area contributed by atoms with Crippen LogP contribution in [-0.4, -0.2) is 21.0 Å². The maximum Gasteiger partial charge on any atom is 0.420 e. The maximum absolute atomic E-state index is 13.7. The number of carbonyl (C=O) groups is 2. The molecule has 1 saturated carbocycles. The van der Waals surface area contributed by atoms with E-state index in [1.165, 1.54) is 29.8 Å². The van der Waals surface area contributed by atoms with E-state index in [2.05, 4.69) is 28.8 Å². The highest BCUT2D eigenvalue weighted by molar-refractivity contribution is 5.83. The third-order valence-corrected chi connectivity index (χ3v) is 5.72. The lowest BCUT2D eigenvalue weighted by molar-refractivity contribution is -0.136. The van der Waals surface area contributed by atoms with Gasteiger partial charge in [0.1, 0.15) is 17.2 Å². The van der Waals surface area contributed by atoms with Crippen molar-refractivity contribution in [2.75, 3.05) is 0 Å². The zero-order chi connectivity index (χ0) is 23.5. The van der Waals surface area contributed by atoms with Gasteiger partial charge in [-0.2, -0.15) is 13.2 Å². The number of nitrogens with zero attached hydrogens (tertiary/aromatic N) is 2. The van der Waals surface area contributed by atoms with Gasteiger partial charge in [0, 0.05) is 35.9 Å². The SMILES string of the molecule is [CH]=C=C=C(C=C=C)c1cc(C(F)(F)F)c2nc(CC(=O)CC3CCCC3C(C)=O)cn2c1. The molecule has 2 unspecified atom stereocenters. The van der Waals surface area contributed by atoms with Crippen LogP contribution in [0.3, 0.4) is 0 Å². The van der Waals surface area contributed by atoms with Gasteiger partial charge in [0.05, 0.1) is 17.7 Å². The van der Waals surface area contributed by atoms with Crippen LogP contribution >= 0.6 is 0 Å². The average Bonchev–Trinajstić information content (AvgIpc) is 3.32. The van der Waals surface area contributed by atoms with E-state index in [4.69, 9.17) is 6.58 Å². The number of aromatic nitrogens is 2. The molecule has 0 bridgehead atoms. The van der Waals surface area contributed by atoms with Crippen molar-refractivity contribution in [2.24, 2.45) is 11.8 Å². The molecule has 32 heavy (non-hydrogen) atoms. The van der Waals surface area contributed by atoms with Gasteiger partial charge in [-0.15, -0.1) is 5.73 Å². The van der Waals surface area contributed by atoms with E-state index in [0.717, 1.165) is 25.3 Å². The molecule has 0 aliphatic heterocycles. The highest BCUT2D eigenvalue weighted by Gasteiger charge is 2.35. The molecule has 3 rings (SSSR count). The summed E-state index contributed by atoms with van der Waals surface area (Å²) in [6.45, 7) is 10.2. The summed E-state index contributed by atoms with van der Waals surface area (Å²) >= 11 is 0. The molecule has 1 aliphatic rings. The van der Waals surface area contributed by atoms with E-state index in [1.807, 2.05) is 0 Å². The quantitative estimate of drug-likeness (QED) is 0.433. The topological polar surface area (TPSA) is 51.4 Å². The van der Waals surface area contributed by atoms with Gasteiger partial charge in [-0.3, -0.25) is 9.59 Å². The molecule has 165 valence electrons. The number of allylic oxidation sites excluding steroid dienone is 2. The Hall–Kier alpha value is -3.36. The van der Waals surface area contributed by atoms with Gasteiger partial charge < -0.3 is 4.40 Å². The van der Waals surface area contributed by atoms with Crippen molar-refractivity contribution >= 4 is 22.8 Å².